The number of rotatable bonds is 8. The van der Waals surface area contributed by atoms with Gasteiger partial charge in [0.2, 0.25) is 5.91 Å². The number of thioether (sulfide) groups is 1. The number of carbonyl (C=O) groups is 1. The summed E-state index contributed by atoms with van der Waals surface area (Å²) in [6, 6.07) is 18.7. The van der Waals surface area contributed by atoms with Gasteiger partial charge in [0.05, 0.1) is 28.6 Å². The van der Waals surface area contributed by atoms with E-state index in [4.69, 9.17) is 5.26 Å². The molecule has 0 saturated carbocycles. The summed E-state index contributed by atoms with van der Waals surface area (Å²) in [5, 5.41) is 9.65. The van der Waals surface area contributed by atoms with E-state index >= 15 is 0 Å². The Morgan fingerprint density at radius 2 is 1.90 bits per heavy atom. The van der Waals surface area contributed by atoms with Gasteiger partial charge >= 0.3 is 0 Å². The Morgan fingerprint density at radius 3 is 2.60 bits per heavy atom. The average Bonchev–Trinajstić information content (AvgIpc) is 2.77. The second kappa shape index (κ2) is 10.1. The molecule has 0 aliphatic heterocycles. The van der Waals surface area contributed by atoms with Crippen molar-refractivity contribution in [3.05, 3.63) is 65.0 Å². The van der Waals surface area contributed by atoms with Gasteiger partial charge in [-0.25, -0.2) is 4.98 Å². The molecule has 0 aliphatic carbocycles. The molecule has 0 aliphatic rings. The fourth-order valence-electron chi connectivity index (χ4n) is 3.22. The Balaban J connectivity index is 1.93. The molecule has 1 atom stereocenters. The number of para-hydroxylation sites is 2. The summed E-state index contributed by atoms with van der Waals surface area (Å²) in [5.41, 5.74) is 1.29. The molecule has 0 fully saturated rings. The van der Waals surface area contributed by atoms with E-state index in [2.05, 4.69) is 11.1 Å². The van der Waals surface area contributed by atoms with Crippen molar-refractivity contribution < 1.29 is 4.79 Å². The van der Waals surface area contributed by atoms with E-state index in [1.807, 2.05) is 62.4 Å². The van der Waals surface area contributed by atoms with Crippen LogP contribution in [0.3, 0.4) is 0 Å². The Hall–Kier alpha value is -3.11. The maximum atomic E-state index is 13.3. The molecule has 3 rings (SSSR count). The van der Waals surface area contributed by atoms with E-state index in [1.165, 1.54) is 11.8 Å². The second-order valence-electron chi connectivity index (χ2n) is 6.86. The number of anilines is 1. The number of amides is 1. The van der Waals surface area contributed by atoms with E-state index in [-0.39, 0.29) is 17.9 Å². The molecule has 3 aromatic rings. The maximum Gasteiger partial charge on any atom is 0.262 e. The summed E-state index contributed by atoms with van der Waals surface area (Å²) >= 11 is 1.28. The lowest BCUT2D eigenvalue weighted by molar-refractivity contribution is -0.117. The molecule has 1 amide bonds. The Bertz CT molecular complexity index is 1120. The van der Waals surface area contributed by atoms with E-state index < -0.39 is 5.25 Å². The zero-order chi connectivity index (χ0) is 21.5. The minimum absolute atomic E-state index is 0.0889. The van der Waals surface area contributed by atoms with Crippen LogP contribution >= 0.6 is 11.8 Å². The van der Waals surface area contributed by atoms with Gasteiger partial charge in [-0.3, -0.25) is 14.2 Å². The second-order valence-corrected chi connectivity index (χ2v) is 8.17. The van der Waals surface area contributed by atoms with Crippen molar-refractivity contribution in [2.75, 3.05) is 11.4 Å². The Morgan fingerprint density at radius 1 is 1.20 bits per heavy atom. The van der Waals surface area contributed by atoms with Gasteiger partial charge in [0, 0.05) is 18.8 Å². The highest BCUT2D eigenvalue weighted by Gasteiger charge is 2.25. The molecular weight excluding hydrogens is 396 g/mol. The van der Waals surface area contributed by atoms with Crippen molar-refractivity contribution in [3.8, 4) is 6.07 Å². The first-order valence-corrected chi connectivity index (χ1v) is 10.8. The van der Waals surface area contributed by atoms with Crippen LogP contribution in [0.2, 0.25) is 0 Å². The van der Waals surface area contributed by atoms with E-state index in [1.54, 1.807) is 15.5 Å². The SMILES string of the molecule is CCCn1c(SC(C)C(=O)N(CCC#N)c2ccccc2)nc2ccccc2c1=O. The van der Waals surface area contributed by atoms with Crippen LogP contribution in [-0.4, -0.2) is 27.3 Å². The molecule has 6 nitrogen and oxygen atoms in total. The summed E-state index contributed by atoms with van der Waals surface area (Å²) < 4.78 is 1.65. The zero-order valence-electron chi connectivity index (χ0n) is 17.1. The molecule has 1 aromatic heterocycles. The number of aromatic nitrogens is 2. The molecular formula is C23H24N4O2S. The molecule has 1 unspecified atom stereocenters. The van der Waals surface area contributed by atoms with Crippen LogP contribution in [0.1, 0.15) is 26.7 Å². The van der Waals surface area contributed by atoms with Crippen molar-refractivity contribution in [2.45, 2.75) is 43.6 Å². The molecule has 2 aromatic carbocycles. The van der Waals surface area contributed by atoms with Crippen molar-refractivity contribution in [1.29, 1.82) is 5.26 Å². The third kappa shape index (κ3) is 4.71. The summed E-state index contributed by atoms with van der Waals surface area (Å²) in [5.74, 6) is -0.119. The summed E-state index contributed by atoms with van der Waals surface area (Å²) in [7, 11) is 0. The number of benzene rings is 2. The Kier molecular flexibility index (Phi) is 7.26. The van der Waals surface area contributed by atoms with Crippen LogP contribution in [-0.2, 0) is 11.3 Å². The molecule has 1 heterocycles. The first kappa shape index (κ1) is 21.6. The van der Waals surface area contributed by atoms with Crippen LogP contribution in [0.5, 0.6) is 0 Å². The lowest BCUT2D eigenvalue weighted by Crippen LogP contribution is -2.37. The predicted molar refractivity (Wildman–Crippen MR) is 121 cm³/mol. The van der Waals surface area contributed by atoms with Crippen molar-refractivity contribution in [1.82, 2.24) is 9.55 Å². The number of hydrogen-bond acceptors (Lipinski definition) is 5. The summed E-state index contributed by atoms with van der Waals surface area (Å²) in [6.45, 7) is 4.67. The third-order valence-electron chi connectivity index (χ3n) is 4.68. The highest BCUT2D eigenvalue weighted by atomic mass is 32.2. The Labute approximate surface area is 180 Å². The van der Waals surface area contributed by atoms with Crippen molar-refractivity contribution in [3.63, 3.8) is 0 Å². The quantitative estimate of drug-likeness (QED) is 0.402. The molecule has 7 heteroatoms. The first-order chi connectivity index (χ1) is 14.6. The zero-order valence-corrected chi connectivity index (χ0v) is 17.9. The van der Waals surface area contributed by atoms with Crippen LogP contribution in [0.25, 0.3) is 10.9 Å². The van der Waals surface area contributed by atoms with Crippen molar-refractivity contribution in [2.24, 2.45) is 0 Å². The van der Waals surface area contributed by atoms with Gasteiger partial charge in [0.15, 0.2) is 5.16 Å². The normalized spacial score (nSPS) is 11.8. The minimum atomic E-state index is -0.472. The smallest absolute Gasteiger partial charge is 0.262 e. The number of carbonyl (C=O) groups excluding carboxylic acids is 1. The lowest BCUT2D eigenvalue weighted by Gasteiger charge is -2.25. The molecule has 0 bridgehead atoms. The van der Waals surface area contributed by atoms with Gasteiger partial charge in [0.25, 0.3) is 5.56 Å². The summed E-state index contributed by atoms with van der Waals surface area (Å²) in [4.78, 5) is 32.5. The van der Waals surface area contributed by atoms with Gasteiger partial charge in [0.1, 0.15) is 0 Å². The van der Waals surface area contributed by atoms with Gasteiger partial charge in [-0.2, -0.15) is 5.26 Å². The highest BCUT2D eigenvalue weighted by molar-refractivity contribution is 8.00. The molecule has 0 spiro atoms. The van der Waals surface area contributed by atoms with Crippen LogP contribution < -0.4 is 10.5 Å². The van der Waals surface area contributed by atoms with Crippen LogP contribution in [0.15, 0.2) is 64.5 Å². The number of nitriles is 1. The predicted octanol–water partition coefficient (Wildman–Crippen LogP) is 4.23. The molecule has 0 saturated heterocycles. The fourth-order valence-corrected chi connectivity index (χ4v) is 4.22. The van der Waals surface area contributed by atoms with E-state index in [0.29, 0.717) is 29.1 Å². The molecule has 0 N–H and O–H groups in total. The third-order valence-corrected chi connectivity index (χ3v) is 5.76. The van der Waals surface area contributed by atoms with Crippen molar-refractivity contribution >= 4 is 34.3 Å². The van der Waals surface area contributed by atoms with Crippen LogP contribution in [0, 0.1) is 11.3 Å². The van der Waals surface area contributed by atoms with Gasteiger partial charge in [-0.1, -0.05) is 49.0 Å². The first-order valence-electron chi connectivity index (χ1n) is 9.96. The average molecular weight is 421 g/mol. The fraction of sp³-hybridized carbons (Fsp3) is 0.304. The van der Waals surface area contributed by atoms with Crippen LogP contribution in [0.4, 0.5) is 5.69 Å². The van der Waals surface area contributed by atoms with E-state index in [9.17, 15) is 9.59 Å². The molecule has 154 valence electrons. The van der Waals surface area contributed by atoms with Gasteiger partial charge in [-0.15, -0.1) is 0 Å². The summed E-state index contributed by atoms with van der Waals surface area (Å²) in [6.07, 6.45) is 1.03. The highest BCUT2D eigenvalue weighted by Crippen LogP contribution is 2.26. The number of nitrogens with zero attached hydrogens (tertiary/aromatic N) is 4. The maximum absolute atomic E-state index is 13.3. The monoisotopic (exact) mass is 420 g/mol. The number of fused-ring (bicyclic) bond motifs is 1. The topological polar surface area (TPSA) is 79.0 Å². The van der Waals surface area contributed by atoms with E-state index in [0.717, 1.165) is 12.1 Å². The largest absolute Gasteiger partial charge is 0.310 e. The standard InChI is InChI=1S/C23H24N4O2S/c1-3-15-27-22(29)19-12-7-8-13-20(19)25-23(27)30-17(2)21(28)26(16-9-14-24)18-10-5-4-6-11-18/h4-8,10-13,17H,3,9,15-16H2,1-2H3. The lowest BCUT2D eigenvalue weighted by atomic mass is 10.2. The minimum Gasteiger partial charge on any atom is -0.310 e. The molecule has 0 radical (unpaired) electrons. The molecule has 30 heavy (non-hydrogen) atoms. The van der Waals surface area contributed by atoms with Gasteiger partial charge in [-0.05, 0) is 37.6 Å². The number of hydrogen-bond donors (Lipinski definition) is 0. The van der Waals surface area contributed by atoms with Gasteiger partial charge < -0.3 is 4.90 Å².